The SMILES string of the molecule is COCCSCCCn1cnc2c(F)cc(Br)cc2c1=O. The molecule has 0 saturated heterocycles. The summed E-state index contributed by atoms with van der Waals surface area (Å²) >= 11 is 4.98. The van der Waals surface area contributed by atoms with Crippen LogP contribution < -0.4 is 5.56 Å². The van der Waals surface area contributed by atoms with Crippen molar-refractivity contribution < 1.29 is 9.13 Å². The molecule has 2 rings (SSSR count). The van der Waals surface area contributed by atoms with Gasteiger partial charge in [0.1, 0.15) is 5.52 Å². The molecule has 0 N–H and O–H groups in total. The lowest BCUT2D eigenvalue weighted by Gasteiger charge is -2.07. The highest BCUT2D eigenvalue weighted by atomic mass is 79.9. The van der Waals surface area contributed by atoms with E-state index in [-0.39, 0.29) is 11.1 Å². The fourth-order valence-corrected chi connectivity index (χ4v) is 3.19. The van der Waals surface area contributed by atoms with Crippen molar-refractivity contribution in [2.45, 2.75) is 13.0 Å². The number of ether oxygens (including phenoxy) is 1. The Balaban J connectivity index is 2.08. The molecule has 4 nitrogen and oxygen atoms in total. The third-order valence-electron chi connectivity index (χ3n) is 2.97. The second-order valence-electron chi connectivity index (χ2n) is 4.49. The van der Waals surface area contributed by atoms with E-state index >= 15 is 0 Å². The maximum absolute atomic E-state index is 13.7. The lowest BCUT2D eigenvalue weighted by molar-refractivity contribution is 0.218. The summed E-state index contributed by atoms with van der Waals surface area (Å²) in [7, 11) is 1.68. The summed E-state index contributed by atoms with van der Waals surface area (Å²) in [5.74, 6) is 1.40. The third kappa shape index (κ3) is 4.28. The van der Waals surface area contributed by atoms with Crippen LogP contribution >= 0.6 is 27.7 Å². The molecule has 0 aliphatic heterocycles. The van der Waals surface area contributed by atoms with Gasteiger partial charge in [0, 0.05) is 23.9 Å². The Morgan fingerprint density at radius 1 is 1.43 bits per heavy atom. The smallest absolute Gasteiger partial charge is 0.261 e. The monoisotopic (exact) mass is 374 g/mol. The zero-order chi connectivity index (χ0) is 15.2. The molecule has 0 fully saturated rings. The first-order valence-corrected chi connectivity index (χ1v) is 8.49. The van der Waals surface area contributed by atoms with Crippen LogP contribution in [0.4, 0.5) is 4.39 Å². The van der Waals surface area contributed by atoms with E-state index < -0.39 is 5.82 Å². The van der Waals surface area contributed by atoms with Gasteiger partial charge in [0.25, 0.3) is 5.56 Å². The average molecular weight is 375 g/mol. The molecule has 0 spiro atoms. The average Bonchev–Trinajstić information content (AvgIpc) is 2.45. The van der Waals surface area contributed by atoms with Crippen molar-refractivity contribution in [3.05, 3.63) is 39.1 Å². The third-order valence-corrected chi connectivity index (χ3v) is 4.46. The van der Waals surface area contributed by atoms with Gasteiger partial charge in [-0.1, -0.05) is 15.9 Å². The minimum atomic E-state index is -0.487. The van der Waals surface area contributed by atoms with Gasteiger partial charge in [-0.3, -0.25) is 9.36 Å². The number of hydrogen-bond donors (Lipinski definition) is 0. The van der Waals surface area contributed by atoms with E-state index in [1.54, 1.807) is 24.9 Å². The fourth-order valence-electron chi connectivity index (χ4n) is 1.94. The number of halogens is 2. The Morgan fingerprint density at radius 3 is 3.00 bits per heavy atom. The second-order valence-corrected chi connectivity index (χ2v) is 6.63. The Labute approximate surface area is 134 Å². The lowest BCUT2D eigenvalue weighted by atomic mass is 10.2. The summed E-state index contributed by atoms with van der Waals surface area (Å²) in [6, 6.07) is 2.92. The Hall–Kier alpha value is -0.920. The molecule has 0 unspecified atom stereocenters. The van der Waals surface area contributed by atoms with Crippen LogP contribution in [0, 0.1) is 5.82 Å². The molecule has 2 aromatic rings. The molecule has 1 aromatic carbocycles. The van der Waals surface area contributed by atoms with E-state index in [1.165, 1.54) is 17.0 Å². The predicted molar refractivity (Wildman–Crippen MR) is 87.5 cm³/mol. The van der Waals surface area contributed by atoms with E-state index in [0.29, 0.717) is 16.4 Å². The van der Waals surface area contributed by atoms with Crippen LogP contribution in [0.15, 0.2) is 27.7 Å². The van der Waals surface area contributed by atoms with Crippen molar-refractivity contribution in [1.29, 1.82) is 0 Å². The normalized spacial score (nSPS) is 11.2. The summed E-state index contributed by atoms with van der Waals surface area (Å²) in [5, 5.41) is 0.302. The first-order chi connectivity index (χ1) is 10.1. The van der Waals surface area contributed by atoms with E-state index in [4.69, 9.17) is 4.74 Å². The molecule has 114 valence electrons. The van der Waals surface area contributed by atoms with E-state index in [1.807, 2.05) is 0 Å². The van der Waals surface area contributed by atoms with E-state index in [2.05, 4.69) is 20.9 Å². The molecule has 1 aromatic heterocycles. The van der Waals surface area contributed by atoms with Gasteiger partial charge in [-0.15, -0.1) is 0 Å². The largest absolute Gasteiger partial charge is 0.384 e. The van der Waals surface area contributed by atoms with Crippen LogP contribution in [0.1, 0.15) is 6.42 Å². The van der Waals surface area contributed by atoms with Crippen LogP contribution in [-0.4, -0.2) is 34.8 Å². The van der Waals surface area contributed by atoms with Gasteiger partial charge >= 0.3 is 0 Å². The number of aromatic nitrogens is 2. The van der Waals surface area contributed by atoms with Gasteiger partial charge in [-0.05, 0) is 24.3 Å². The molecular weight excluding hydrogens is 359 g/mol. The molecular formula is C14H16BrFN2O2S. The first kappa shape index (κ1) is 16.5. The maximum atomic E-state index is 13.7. The molecule has 0 aliphatic rings. The Kier molecular flexibility index (Phi) is 6.20. The summed E-state index contributed by atoms with van der Waals surface area (Å²) in [4.78, 5) is 16.4. The van der Waals surface area contributed by atoms with Crippen molar-refractivity contribution in [3.8, 4) is 0 Å². The number of benzene rings is 1. The minimum Gasteiger partial charge on any atom is -0.384 e. The van der Waals surface area contributed by atoms with Crippen LogP contribution in [0.25, 0.3) is 10.9 Å². The molecule has 0 bridgehead atoms. The molecule has 0 aliphatic carbocycles. The van der Waals surface area contributed by atoms with E-state index in [9.17, 15) is 9.18 Å². The zero-order valence-electron chi connectivity index (χ0n) is 11.6. The highest BCUT2D eigenvalue weighted by Gasteiger charge is 2.09. The summed E-state index contributed by atoms with van der Waals surface area (Å²) in [6.45, 7) is 1.31. The summed E-state index contributed by atoms with van der Waals surface area (Å²) < 4.78 is 20.8. The Bertz CT molecular complexity index is 678. The number of fused-ring (bicyclic) bond motifs is 1. The van der Waals surface area contributed by atoms with Gasteiger partial charge in [0.2, 0.25) is 0 Å². The van der Waals surface area contributed by atoms with Crippen LogP contribution in [0.2, 0.25) is 0 Å². The molecule has 21 heavy (non-hydrogen) atoms. The van der Waals surface area contributed by atoms with Gasteiger partial charge in [0.05, 0.1) is 18.3 Å². The maximum Gasteiger partial charge on any atom is 0.261 e. The van der Waals surface area contributed by atoms with Crippen molar-refractivity contribution in [2.75, 3.05) is 25.2 Å². The number of thioether (sulfide) groups is 1. The van der Waals surface area contributed by atoms with Gasteiger partial charge in [0.15, 0.2) is 5.82 Å². The number of rotatable bonds is 7. The topological polar surface area (TPSA) is 44.1 Å². The minimum absolute atomic E-state index is 0.119. The van der Waals surface area contributed by atoms with Gasteiger partial charge in [-0.2, -0.15) is 11.8 Å². The van der Waals surface area contributed by atoms with Gasteiger partial charge in [-0.25, -0.2) is 9.37 Å². The second kappa shape index (κ2) is 7.91. The molecule has 7 heteroatoms. The predicted octanol–water partition coefficient (Wildman–Crippen LogP) is 3.07. The van der Waals surface area contributed by atoms with Crippen LogP contribution in [0.5, 0.6) is 0 Å². The number of hydrogen-bond acceptors (Lipinski definition) is 4. The van der Waals surface area contributed by atoms with Crippen LogP contribution in [-0.2, 0) is 11.3 Å². The zero-order valence-corrected chi connectivity index (χ0v) is 14.0. The summed E-state index contributed by atoms with van der Waals surface area (Å²) in [6.07, 6.45) is 2.28. The molecule has 0 atom stereocenters. The molecule has 0 saturated carbocycles. The van der Waals surface area contributed by atoms with Crippen molar-refractivity contribution in [3.63, 3.8) is 0 Å². The van der Waals surface area contributed by atoms with E-state index in [0.717, 1.165) is 24.5 Å². The van der Waals surface area contributed by atoms with Crippen LogP contribution in [0.3, 0.4) is 0 Å². The van der Waals surface area contributed by atoms with Crippen molar-refractivity contribution in [1.82, 2.24) is 9.55 Å². The molecule has 1 heterocycles. The Morgan fingerprint density at radius 2 is 2.24 bits per heavy atom. The molecule has 0 radical (unpaired) electrons. The number of methoxy groups -OCH3 is 1. The molecule has 0 amide bonds. The fraction of sp³-hybridized carbons (Fsp3) is 0.429. The highest BCUT2D eigenvalue weighted by molar-refractivity contribution is 9.10. The van der Waals surface area contributed by atoms with Crippen molar-refractivity contribution in [2.24, 2.45) is 0 Å². The van der Waals surface area contributed by atoms with Crippen molar-refractivity contribution >= 4 is 38.6 Å². The standard InChI is InChI=1S/C14H16BrFN2O2S/c1-20-4-6-21-5-2-3-18-9-17-13-11(14(18)19)7-10(15)8-12(13)16/h7-9H,2-6H2,1H3. The lowest BCUT2D eigenvalue weighted by Crippen LogP contribution is -2.21. The summed E-state index contributed by atoms with van der Waals surface area (Å²) in [5.41, 5.74) is -0.0870. The first-order valence-electron chi connectivity index (χ1n) is 6.54. The number of nitrogens with zero attached hydrogens (tertiary/aromatic N) is 2. The quantitative estimate of drug-likeness (QED) is 0.698. The number of aryl methyl sites for hydroxylation is 1. The highest BCUT2D eigenvalue weighted by Crippen LogP contribution is 2.19. The van der Waals surface area contributed by atoms with Gasteiger partial charge < -0.3 is 4.74 Å².